The third kappa shape index (κ3) is 5.80. The molecule has 3 rings (SSSR count). The summed E-state index contributed by atoms with van der Waals surface area (Å²) in [7, 11) is 4.26. The number of hydrogen-bond acceptors (Lipinski definition) is 6. The van der Waals surface area contributed by atoms with Crippen molar-refractivity contribution in [3.63, 3.8) is 0 Å². The van der Waals surface area contributed by atoms with E-state index in [0.717, 1.165) is 16.6 Å². The van der Waals surface area contributed by atoms with E-state index in [-0.39, 0.29) is 23.2 Å². The lowest BCUT2D eigenvalue weighted by Gasteiger charge is -2.41. The number of para-hydroxylation sites is 1. The van der Waals surface area contributed by atoms with Crippen molar-refractivity contribution in [2.45, 2.75) is 25.2 Å². The largest absolute Gasteiger partial charge is 0.496 e. The van der Waals surface area contributed by atoms with Crippen LogP contribution in [0.4, 0.5) is 0 Å². The van der Waals surface area contributed by atoms with Crippen molar-refractivity contribution in [3.05, 3.63) is 48.0 Å². The molecule has 0 aromatic heterocycles. The molecule has 1 aliphatic heterocycles. The van der Waals surface area contributed by atoms with Crippen LogP contribution < -0.4 is 9.47 Å². The normalized spacial score (nSPS) is 15.2. The molecule has 0 radical (unpaired) electrons. The first-order valence-electron chi connectivity index (χ1n) is 10.8. The molecule has 0 aliphatic carbocycles. The van der Waals surface area contributed by atoms with Crippen LogP contribution in [0.1, 0.15) is 19.4 Å². The number of carbonyl (C=O) groups excluding carboxylic acids is 1. The summed E-state index contributed by atoms with van der Waals surface area (Å²) in [5.41, 5.74) is 2.96. The minimum atomic E-state index is -0.671. The van der Waals surface area contributed by atoms with Crippen LogP contribution in [0.5, 0.6) is 11.5 Å². The van der Waals surface area contributed by atoms with Crippen molar-refractivity contribution >= 4 is 26.9 Å². The summed E-state index contributed by atoms with van der Waals surface area (Å²) in [4.78, 5) is 14.6. The van der Waals surface area contributed by atoms with Crippen molar-refractivity contribution in [2.24, 2.45) is 11.8 Å². The van der Waals surface area contributed by atoms with Gasteiger partial charge in [0, 0.05) is 16.3 Å². The fourth-order valence-corrected chi connectivity index (χ4v) is 5.55. The summed E-state index contributed by atoms with van der Waals surface area (Å²) in [6, 6.07) is 17.4. The van der Waals surface area contributed by atoms with Gasteiger partial charge >= 0.3 is 0 Å². The maximum atomic E-state index is 13.0. The van der Waals surface area contributed by atoms with Gasteiger partial charge in [-0.2, -0.15) is 22.3 Å². The average molecular weight is 482 g/mol. The van der Waals surface area contributed by atoms with Crippen LogP contribution in [0.15, 0.2) is 42.5 Å². The molecule has 33 heavy (non-hydrogen) atoms. The number of nitriles is 2. The molecule has 8 heteroatoms. The van der Waals surface area contributed by atoms with Gasteiger partial charge in [0.15, 0.2) is 0 Å². The molecule has 1 amide bonds. The van der Waals surface area contributed by atoms with Gasteiger partial charge in [-0.25, -0.2) is 0 Å². The molecule has 6 nitrogen and oxygen atoms in total. The Kier molecular flexibility index (Phi) is 8.61. The quantitative estimate of drug-likeness (QED) is 0.489. The topological polar surface area (TPSA) is 86.3 Å². The summed E-state index contributed by atoms with van der Waals surface area (Å²) in [6.45, 7) is 4.93. The van der Waals surface area contributed by atoms with E-state index in [1.807, 2.05) is 44.2 Å². The number of rotatable bonds is 9. The summed E-state index contributed by atoms with van der Waals surface area (Å²) in [5, 5.41) is 19.1. The summed E-state index contributed by atoms with van der Waals surface area (Å²) < 4.78 is 11.6. The first-order valence-corrected chi connectivity index (χ1v) is 12.6. The zero-order valence-electron chi connectivity index (χ0n) is 19.0. The van der Waals surface area contributed by atoms with Gasteiger partial charge in [-0.1, -0.05) is 32.0 Å². The molecule has 1 fully saturated rings. The zero-order chi connectivity index (χ0) is 24.0. The second-order valence-corrected chi connectivity index (χ2v) is 10.4. The molecule has 3 atom stereocenters. The number of nitrogens with zero attached hydrogens (tertiary/aromatic N) is 3. The van der Waals surface area contributed by atoms with Gasteiger partial charge in [0.1, 0.15) is 23.5 Å². The van der Waals surface area contributed by atoms with E-state index >= 15 is 0 Å². The highest BCUT2D eigenvalue weighted by molar-refractivity contribution is 8.02. The maximum Gasteiger partial charge on any atom is 0.241 e. The van der Waals surface area contributed by atoms with E-state index < -0.39 is 5.92 Å². The predicted octanol–water partition coefficient (Wildman–Crippen LogP) is 4.55. The fraction of sp³-hybridized carbons (Fsp3) is 0.400. The SMILES string of the molecule is COc1ccccc1-c1cc(C#N)cc(OC2CN(C(=O)C(C#N)C(SCP)C(C)C)C2)c1. The molecule has 1 saturated heterocycles. The van der Waals surface area contributed by atoms with Crippen molar-refractivity contribution < 1.29 is 14.3 Å². The molecule has 3 unspecified atom stereocenters. The molecule has 1 aliphatic rings. The molecule has 0 saturated carbocycles. The third-order valence-electron chi connectivity index (χ3n) is 5.60. The molecule has 0 N–H and O–H groups in total. The Labute approximate surface area is 202 Å². The van der Waals surface area contributed by atoms with Gasteiger partial charge in [0.2, 0.25) is 5.91 Å². The van der Waals surface area contributed by atoms with Crippen LogP contribution in [0, 0.1) is 34.5 Å². The highest BCUT2D eigenvalue weighted by atomic mass is 32.2. The first kappa shape index (κ1) is 24.9. The summed E-state index contributed by atoms with van der Waals surface area (Å²) in [5.74, 6) is 0.699. The van der Waals surface area contributed by atoms with E-state index in [1.54, 1.807) is 35.9 Å². The van der Waals surface area contributed by atoms with Crippen LogP contribution >= 0.6 is 21.0 Å². The smallest absolute Gasteiger partial charge is 0.241 e. The first-order chi connectivity index (χ1) is 15.9. The lowest BCUT2D eigenvalue weighted by atomic mass is 9.94. The Hall–Kier alpha value is -2.73. The summed E-state index contributed by atoms with van der Waals surface area (Å²) >= 11 is 1.63. The minimum Gasteiger partial charge on any atom is -0.496 e. The molecular weight excluding hydrogens is 453 g/mol. The highest BCUT2D eigenvalue weighted by Gasteiger charge is 2.40. The molecule has 0 bridgehead atoms. The van der Waals surface area contributed by atoms with Gasteiger partial charge in [-0.3, -0.25) is 4.79 Å². The molecule has 0 spiro atoms. The van der Waals surface area contributed by atoms with Crippen molar-refractivity contribution in [2.75, 3.05) is 25.7 Å². The number of amides is 1. The number of methoxy groups -OCH3 is 1. The third-order valence-corrected chi connectivity index (χ3v) is 7.57. The van der Waals surface area contributed by atoms with Crippen molar-refractivity contribution in [1.29, 1.82) is 10.5 Å². The van der Waals surface area contributed by atoms with E-state index in [0.29, 0.717) is 30.2 Å². The number of benzene rings is 2. The molecule has 2 aromatic carbocycles. The molecule has 2 aromatic rings. The number of likely N-dealkylation sites (tertiary alicyclic amines) is 1. The monoisotopic (exact) mass is 481 g/mol. The van der Waals surface area contributed by atoms with Crippen LogP contribution in [-0.2, 0) is 4.79 Å². The average Bonchev–Trinajstić information content (AvgIpc) is 2.80. The Morgan fingerprint density at radius 3 is 2.58 bits per heavy atom. The van der Waals surface area contributed by atoms with Crippen molar-refractivity contribution in [3.8, 4) is 34.8 Å². The molecule has 1 heterocycles. The maximum absolute atomic E-state index is 13.0. The number of thioether (sulfide) groups is 1. The fourth-order valence-electron chi connectivity index (χ4n) is 3.91. The van der Waals surface area contributed by atoms with Gasteiger partial charge in [0.25, 0.3) is 0 Å². The number of hydrogen-bond donors (Lipinski definition) is 0. The zero-order valence-corrected chi connectivity index (χ0v) is 21.0. The highest BCUT2D eigenvalue weighted by Crippen LogP contribution is 2.34. The standard InChI is InChI=1S/C25H28N3O3PS/c1-16(2)24(33-15-32)22(12-27)25(29)28-13-20(14-28)31-19-9-17(11-26)8-18(10-19)21-6-4-5-7-23(21)30-3/h4-10,16,20,22,24H,13-15,32H2,1-3H3. The van der Waals surface area contributed by atoms with Crippen LogP contribution in [0.2, 0.25) is 0 Å². The van der Waals surface area contributed by atoms with Gasteiger partial charge in [0.05, 0.1) is 37.9 Å². The predicted molar refractivity (Wildman–Crippen MR) is 134 cm³/mol. The van der Waals surface area contributed by atoms with Gasteiger partial charge < -0.3 is 14.4 Å². The lowest BCUT2D eigenvalue weighted by molar-refractivity contribution is -0.142. The number of carbonyl (C=O) groups is 1. The Morgan fingerprint density at radius 2 is 1.97 bits per heavy atom. The second kappa shape index (κ2) is 11.4. The Bertz CT molecular complexity index is 1070. The van der Waals surface area contributed by atoms with E-state index in [2.05, 4.69) is 21.4 Å². The number of ether oxygens (including phenoxy) is 2. The Balaban J connectivity index is 1.71. The second-order valence-electron chi connectivity index (χ2n) is 8.19. The van der Waals surface area contributed by atoms with Crippen LogP contribution in [-0.4, -0.2) is 47.9 Å². The van der Waals surface area contributed by atoms with Crippen LogP contribution in [0.25, 0.3) is 11.1 Å². The van der Waals surface area contributed by atoms with E-state index in [9.17, 15) is 15.3 Å². The summed E-state index contributed by atoms with van der Waals surface area (Å²) in [6.07, 6.45) is -0.181. The minimum absolute atomic E-state index is 0.0457. The van der Waals surface area contributed by atoms with Gasteiger partial charge in [-0.05, 0) is 35.7 Å². The molecular formula is C25H28N3O3PS. The van der Waals surface area contributed by atoms with E-state index in [4.69, 9.17) is 9.47 Å². The molecule has 172 valence electrons. The Morgan fingerprint density at radius 1 is 1.24 bits per heavy atom. The van der Waals surface area contributed by atoms with Crippen molar-refractivity contribution in [1.82, 2.24) is 4.90 Å². The van der Waals surface area contributed by atoms with Gasteiger partial charge in [-0.15, -0.1) is 9.24 Å². The lowest BCUT2D eigenvalue weighted by Crippen LogP contribution is -2.58. The van der Waals surface area contributed by atoms with Crippen LogP contribution in [0.3, 0.4) is 0 Å². The van der Waals surface area contributed by atoms with E-state index in [1.165, 1.54) is 0 Å².